The molecule has 2 heterocycles. The molecule has 2 aromatic carbocycles. The lowest BCUT2D eigenvalue weighted by Gasteiger charge is -2.38. The monoisotopic (exact) mass is 616 g/mol. The quantitative estimate of drug-likeness (QED) is 0.179. The lowest BCUT2D eigenvalue weighted by Crippen LogP contribution is -2.62. The SMILES string of the molecule is NCC1CN(C(=O)C[C@H](N)C(=O)N[C@@H](Cc2ccc(OC(F)(F)F)cc2)C(=O)Nc2cnc3ccccc3c2)CC(CN)N1. The summed E-state index contributed by atoms with van der Waals surface area (Å²) in [5.74, 6) is -2.18. The molecule has 15 heteroatoms. The van der Waals surface area contributed by atoms with Crippen molar-refractivity contribution in [2.45, 2.75) is 43.4 Å². The van der Waals surface area contributed by atoms with Gasteiger partial charge in [-0.3, -0.25) is 19.4 Å². The minimum absolute atomic E-state index is 0.0975. The number of benzene rings is 2. The molecule has 0 spiro atoms. The van der Waals surface area contributed by atoms with Crippen LogP contribution in [0.2, 0.25) is 0 Å². The highest BCUT2D eigenvalue weighted by Gasteiger charge is 2.32. The molecule has 44 heavy (non-hydrogen) atoms. The van der Waals surface area contributed by atoms with Gasteiger partial charge in [0.15, 0.2) is 0 Å². The number of aromatic nitrogens is 1. The number of para-hydroxylation sites is 1. The van der Waals surface area contributed by atoms with Gasteiger partial charge in [0.05, 0.1) is 29.9 Å². The highest BCUT2D eigenvalue weighted by molar-refractivity contribution is 5.99. The Morgan fingerprint density at radius 2 is 1.68 bits per heavy atom. The standard InChI is InChI=1S/C29H35F3N8O4/c30-29(31,32)44-22-7-5-17(6-8-22)9-25(28(43)38-19-10-18-3-1-2-4-24(18)36-14-19)39-27(42)23(35)11-26(41)40-15-20(12-33)37-21(13-34)16-40/h1-8,10,14,20-21,23,25,37H,9,11-13,15-16,33-35H2,(H,38,43)(H,39,42)/t20?,21?,23-,25-/m0/s1. The second-order valence-electron chi connectivity index (χ2n) is 10.5. The number of fused-ring (bicyclic) bond motifs is 1. The zero-order valence-corrected chi connectivity index (χ0v) is 23.7. The molecule has 1 aliphatic heterocycles. The van der Waals surface area contributed by atoms with Gasteiger partial charge in [-0.15, -0.1) is 13.2 Å². The number of ether oxygens (including phenoxy) is 1. The topological polar surface area (TPSA) is 191 Å². The molecule has 4 rings (SSSR count). The first-order valence-electron chi connectivity index (χ1n) is 13.9. The van der Waals surface area contributed by atoms with Gasteiger partial charge >= 0.3 is 6.36 Å². The number of rotatable bonds is 11. The average molecular weight is 617 g/mol. The molecule has 4 atom stereocenters. The van der Waals surface area contributed by atoms with Gasteiger partial charge in [-0.25, -0.2) is 0 Å². The first-order chi connectivity index (χ1) is 20.9. The maximum Gasteiger partial charge on any atom is 0.573 e. The van der Waals surface area contributed by atoms with Crippen molar-refractivity contribution < 1.29 is 32.3 Å². The fourth-order valence-corrected chi connectivity index (χ4v) is 4.86. The summed E-state index contributed by atoms with van der Waals surface area (Å²) in [4.78, 5) is 45.4. The lowest BCUT2D eigenvalue weighted by molar-refractivity contribution is -0.274. The van der Waals surface area contributed by atoms with Gasteiger partial charge in [-0.2, -0.15) is 0 Å². The minimum Gasteiger partial charge on any atom is -0.406 e. The zero-order valence-electron chi connectivity index (χ0n) is 23.7. The van der Waals surface area contributed by atoms with E-state index in [1.807, 2.05) is 24.3 Å². The van der Waals surface area contributed by atoms with Crippen LogP contribution in [0, 0.1) is 0 Å². The van der Waals surface area contributed by atoms with Crippen LogP contribution in [0.3, 0.4) is 0 Å². The van der Waals surface area contributed by atoms with Crippen molar-refractivity contribution in [1.82, 2.24) is 20.5 Å². The van der Waals surface area contributed by atoms with Gasteiger partial charge in [0, 0.05) is 50.1 Å². The predicted molar refractivity (Wildman–Crippen MR) is 157 cm³/mol. The summed E-state index contributed by atoms with van der Waals surface area (Å²) in [5.41, 5.74) is 19.2. The molecule has 0 radical (unpaired) electrons. The van der Waals surface area contributed by atoms with Crippen molar-refractivity contribution >= 4 is 34.3 Å². The van der Waals surface area contributed by atoms with E-state index < -0.39 is 36.0 Å². The summed E-state index contributed by atoms with van der Waals surface area (Å²) < 4.78 is 41.7. The fraction of sp³-hybridized carbons (Fsp3) is 0.379. The number of pyridine rings is 1. The molecule has 3 amide bonds. The van der Waals surface area contributed by atoms with Gasteiger partial charge in [0.1, 0.15) is 11.8 Å². The van der Waals surface area contributed by atoms with Crippen LogP contribution in [-0.2, 0) is 20.8 Å². The van der Waals surface area contributed by atoms with Crippen LogP contribution >= 0.6 is 0 Å². The lowest BCUT2D eigenvalue weighted by atomic mass is 10.0. The highest BCUT2D eigenvalue weighted by atomic mass is 19.4. The van der Waals surface area contributed by atoms with Crippen LogP contribution in [-0.4, -0.2) is 84.3 Å². The van der Waals surface area contributed by atoms with Crippen molar-refractivity contribution in [3.8, 4) is 5.75 Å². The normalized spacial score (nSPS) is 18.4. The highest BCUT2D eigenvalue weighted by Crippen LogP contribution is 2.23. The summed E-state index contributed by atoms with van der Waals surface area (Å²) in [5, 5.41) is 9.34. The number of hydrogen-bond donors (Lipinski definition) is 6. The first kappa shape index (κ1) is 32.6. The van der Waals surface area contributed by atoms with Crippen LogP contribution < -0.4 is 37.9 Å². The third kappa shape index (κ3) is 9.09. The first-order valence-corrected chi connectivity index (χ1v) is 13.9. The van der Waals surface area contributed by atoms with Gasteiger partial charge in [0.2, 0.25) is 17.7 Å². The Morgan fingerprint density at radius 1 is 1.02 bits per heavy atom. The number of amides is 3. The van der Waals surface area contributed by atoms with Crippen LogP contribution in [0.5, 0.6) is 5.75 Å². The minimum atomic E-state index is -4.86. The molecule has 1 aromatic heterocycles. The van der Waals surface area contributed by atoms with E-state index in [0.29, 0.717) is 42.9 Å². The molecular formula is C29H35F3N8O4. The number of carbonyl (C=O) groups is 3. The molecule has 9 N–H and O–H groups in total. The number of hydrogen-bond acceptors (Lipinski definition) is 9. The number of nitrogens with one attached hydrogen (secondary N) is 3. The molecule has 12 nitrogen and oxygen atoms in total. The smallest absolute Gasteiger partial charge is 0.406 e. The average Bonchev–Trinajstić information content (AvgIpc) is 3.00. The summed E-state index contributed by atoms with van der Waals surface area (Å²) in [7, 11) is 0. The number of halogens is 3. The molecule has 0 saturated carbocycles. The van der Waals surface area contributed by atoms with E-state index in [0.717, 1.165) is 17.5 Å². The number of alkyl halides is 3. The van der Waals surface area contributed by atoms with Gasteiger partial charge in [0.25, 0.3) is 0 Å². The molecule has 1 aliphatic rings. The maximum absolute atomic E-state index is 13.4. The Kier molecular flexibility index (Phi) is 10.7. The van der Waals surface area contributed by atoms with Crippen LogP contribution in [0.4, 0.5) is 18.9 Å². The molecule has 3 aromatic rings. The van der Waals surface area contributed by atoms with Gasteiger partial charge in [-0.05, 0) is 29.8 Å². The maximum atomic E-state index is 13.4. The second kappa shape index (κ2) is 14.4. The van der Waals surface area contributed by atoms with Crippen molar-refractivity contribution in [2.75, 3.05) is 31.5 Å². The third-order valence-electron chi connectivity index (χ3n) is 7.09. The van der Waals surface area contributed by atoms with E-state index in [2.05, 4.69) is 25.7 Å². The van der Waals surface area contributed by atoms with Crippen LogP contribution in [0.15, 0.2) is 60.8 Å². The molecule has 236 valence electrons. The Balaban J connectivity index is 1.47. The van der Waals surface area contributed by atoms with E-state index >= 15 is 0 Å². The van der Waals surface area contributed by atoms with E-state index in [1.165, 1.54) is 18.3 Å². The van der Waals surface area contributed by atoms with Crippen LogP contribution in [0.25, 0.3) is 10.9 Å². The number of nitrogens with zero attached hydrogens (tertiary/aromatic N) is 2. The van der Waals surface area contributed by atoms with Crippen molar-refractivity contribution in [3.05, 3.63) is 66.4 Å². The molecule has 1 fully saturated rings. The zero-order chi connectivity index (χ0) is 31.9. The predicted octanol–water partition coefficient (Wildman–Crippen LogP) is 0.603. The van der Waals surface area contributed by atoms with E-state index in [-0.39, 0.29) is 30.8 Å². The summed E-state index contributed by atoms with van der Waals surface area (Å²) >= 11 is 0. The van der Waals surface area contributed by atoms with Crippen LogP contribution in [0.1, 0.15) is 12.0 Å². The van der Waals surface area contributed by atoms with E-state index in [9.17, 15) is 27.6 Å². The fourth-order valence-electron chi connectivity index (χ4n) is 4.86. The Hall–Kier alpha value is -4.31. The second-order valence-corrected chi connectivity index (χ2v) is 10.5. The number of anilines is 1. The van der Waals surface area contributed by atoms with Crippen molar-refractivity contribution in [3.63, 3.8) is 0 Å². The molecular weight excluding hydrogens is 581 g/mol. The van der Waals surface area contributed by atoms with E-state index in [4.69, 9.17) is 17.2 Å². The Labute approximate surface area is 251 Å². The number of nitrogens with two attached hydrogens (primary N) is 3. The summed E-state index contributed by atoms with van der Waals surface area (Å²) in [6.45, 7) is 1.25. The van der Waals surface area contributed by atoms with Gasteiger partial charge in [-0.1, -0.05) is 30.3 Å². The number of piperazine rings is 1. The van der Waals surface area contributed by atoms with Crippen molar-refractivity contribution in [2.24, 2.45) is 17.2 Å². The third-order valence-corrected chi connectivity index (χ3v) is 7.09. The number of carbonyl (C=O) groups excluding carboxylic acids is 3. The van der Waals surface area contributed by atoms with Crippen molar-refractivity contribution in [1.29, 1.82) is 0 Å². The summed E-state index contributed by atoms with van der Waals surface area (Å²) in [6, 6.07) is 11.1. The Bertz CT molecular complexity index is 1440. The van der Waals surface area contributed by atoms with E-state index in [1.54, 1.807) is 11.0 Å². The van der Waals surface area contributed by atoms with Gasteiger partial charge < -0.3 is 42.8 Å². The Morgan fingerprint density at radius 3 is 2.32 bits per heavy atom. The molecule has 1 saturated heterocycles. The molecule has 0 aliphatic carbocycles. The largest absolute Gasteiger partial charge is 0.573 e. The summed E-state index contributed by atoms with van der Waals surface area (Å²) in [6.07, 6.45) is -3.82. The molecule has 0 bridgehead atoms. The molecule has 2 unspecified atom stereocenters.